The summed E-state index contributed by atoms with van der Waals surface area (Å²) in [6, 6.07) is 9.21. The fraction of sp³-hybridized carbons (Fsp3) is 0. The van der Waals surface area contributed by atoms with Crippen molar-refractivity contribution in [2.75, 3.05) is 5.73 Å². The molecule has 4 nitrogen and oxygen atoms in total. The van der Waals surface area contributed by atoms with Gasteiger partial charge in [-0.05, 0) is 24.3 Å². The summed E-state index contributed by atoms with van der Waals surface area (Å²) < 4.78 is 0. The summed E-state index contributed by atoms with van der Waals surface area (Å²) in [5.74, 6) is 0. The van der Waals surface area contributed by atoms with Crippen LogP contribution in [0, 0.1) is 11.3 Å². The average Bonchev–Trinajstić information content (AvgIpc) is 2.33. The first-order valence-corrected chi connectivity index (χ1v) is 5.36. The highest BCUT2D eigenvalue weighted by molar-refractivity contribution is 7.99. The van der Waals surface area contributed by atoms with Crippen LogP contribution in [0.2, 0.25) is 0 Å². The molecule has 0 saturated carbocycles. The van der Waals surface area contributed by atoms with Crippen molar-refractivity contribution in [1.82, 2.24) is 9.97 Å². The number of nitrogen functional groups attached to an aromatic ring is 1. The van der Waals surface area contributed by atoms with Crippen LogP contribution < -0.4 is 5.73 Å². The van der Waals surface area contributed by atoms with Crippen LogP contribution in [0.4, 0.5) is 5.69 Å². The quantitative estimate of drug-likeness (QED) is 0.851. The van der Waals surface area contributed by atoms with Gasteiger partial charge in [0.2, 0.25) is 0 Å². The molecule has 0 spiro atoms. The van der Waals surface area contributed by atoms with Gasteiger partial charge in [-0.25, -0.2) is 4.98 Å². The largest absolute Gasteiger partial charge is 0.396 e. The monoisotopic (exact) mass is 228 g/mol. The summed E-state index contributed by atoms with van der Waals surface area (Å²) in [5.41, 5.74) is 6.26. The van der Waals surface area contributed by atoms with E-state index in [1.807, 2.05) is 18.2 Å². The van der Waals surface area contributed by atoms with E-state index in [9.17, 15) is 0 Å². The third kappa shape index (κ3) is 2.30. The van der Waals surface area contributed by atoms with Crippen molar-refractivity contribution in [3.8, 4) is 6.07 Å². The van der Waals surface area contributed by atoms with Crippen molar-refractivity contribution in [2.45, 2.75) is 9.92 Å². The van der Waals surface area contributed by atoms with E-state index in [1.165, 1.54) is 11.8 Å². The topological polar surface area (TPSA) is 75.6 Å². The zero-order chi connectivity index (χ0) is 11.4. The SMILES string of the molecule is N#Cc1nc(Sc2ccncc2)ccc1N. The Balaban J connectivity index is 2.27. The minimum Gasteiger partial charge on any atom is -0.396 e. The van der Waals surface area contributed by atoms with Gasteiger partial charge in [0, 0.05) is 17.3 Å². The summed E-state index contributed by atoms with van der Waals surface area (Å²) in [6.45, 7) is 0. The van der Waals surface area contributed by atoms with Crippen LogP contribution in [0.3, 0.4) is 0 Å². The Hall–Kier alpha value is -2.06. The predicted octanol–water partition coefficient (Wildman–Crippen LogP) is 2.08. The molecule has 0 fully saturated rings. The minimum atomic E-state index is 0.263. The van der Waals surface area contributed by atoms with Crippen LogP contribution in [0.25, 0.3) is 0 Å². The fourth-order valence-corrected chi connectivity index (χ4v) is 1.90. The van der Waals surface area contributed by atoms with Gasteiger partial charge < -0.3 is 5.73 Å². The molecule has 2 N–H and O–H groups in total. The number of nitriles is 1. The molecule has 5 heteroatoms. The maximum atomic E-state index is 8.80. The summed E-state index contributed by atoms with van der Waals surface area (Å²) in [4.78, 5) is 9.10. The van der Waals surface area contributed by atoms with E-state index in [0.717, 1.165) is 9.92 Å². The van der Waals surface area contributed by atoms with Gasteiger partial charge >= 0.3 is 0 Å². The molecule has 0 aromatic carbocycles. The lowest BCUT2D eigenvalue weighted by Gasteiger charge is -2.02. The maximum Gasteiger partial charge on any atom is 0.164 e. The highest BCUT2D eigenvalue weighted by Gasteiger charge is 2.03. The van der Waals surface area contributed by atoms with Crippen molar-refractivity contribution in [3.05, 3.63) is 42.4 Å². The van der Waals surface area contributed by atoms with Crippen LogP contribution in [-0.2, 0) is 0 Å². The number of nitrogens with zero attached hydrogens (tertiary/aromatic N) is 3. The molecule has 16 heavy (non-hydrogen) atoms. The van der Waals surface area contributed by atoms with Crippen LogP contribution in [-0.4, -0.2) is 9.97 Å². The lowest BCUT2D eigenvalue weighted by molar-refractivity contribution is 1.10. The Morgan fingerprint density at radius 2 is 1.94 bits per heavy atom. The van der Waals surface area contributed by atoms with Gasteiger partial charge in [-0.3, -0.25) is 4.98 Å². The van der Waals surface area contributed by atoms with Gasteiger partial charge in [-0.15, -0.1) is 0 Å². The molecule has 0 bridgehead atoms. The number of nitrogens with two attached hydrogens (primary N) is 1. The second kappa shape index (κ2) is 4.64. The van der Waals surface area contributed by atoms with Gasteiger partial charge in [0.25, 0.3) is 0 Å². The van der Waals surface area contributed by atoms with E-state index >= 15 is 0 Å². The van der Waals surface area contributed by atoms with E-state index in [4.69, 9.17) is 11.0 Å². The third-order valence-corrected chi connectivity index (χ3v) is 2.82. The van der Waals surface area contributed by atoms with Gasteiger partial charge in [0.15, 0.2) is 5.69 Å². The molecule has 2 aromatic rings. The van der Waals surface area contributed by atoms with Gasteiger partial charge in [0.1, 0.15) is 11.1 Å². The van der Waals surface area contributed by atoms with Crippen molar-refractivity contribution >= 4 is 17.4 Å². The number of hydrogen-bond acceptors (Lipinski definition) is 5. The second-order valence-corrected chi connectivity index (χ2v) is 4.08. The molecule has 2 aromatic heterocycles. The van der Waals surface area contributed by atoms with Crippen LogP contribution in [0.1, 0.15) is 5.69 Å². The van der Waals surface area contributed by atoms with E-state index in [-0.39, 0.29) is 5.69 Å². The molecule has 0 amide bonds. The molecule has 2 heterocycles. The number of anilines is 1. The average molecular weight is 228 g/mol. The first kappa shape index (κ1) is 10.5. The Morgan fingerprint density at radius 1 is 1.19 bits per heavy atom. The van der Waals surface area contributed by atoms with Crippen LogP contribution in [0.5, 0.6) is 0 Å². The van der Waals surface area contributed by atoms with E-state index in [0.29, 0.717) is 5.69 Å². The smallest absolute Gasteiger partial charge is 0.164 e. The molecular formula is C11H8N4S. The number of hydrogen-bond donors (Lipinski definition) is 1. The zero-order valence-electron chi connectivity index (χ0n) is 8.29. The standard InChI is InChI=1S/C11H8N4S/c12-7-10-9(13)1-2-11(15-10)16-8-3-5-14-6-4-8/h1-6H,13H2. The molecule has 0 saturated heterocycles. The zero-order valence-corrected chi connectivity index (χ0v) is 9.11. The molecule has 0 unspecified atom stereocenters. The summed E-state index contributed by atoms with van der Waals surface area (Å²) >= 11 is 1.47. The van der Waals surface area contributed by atoms with Gasteiger partial charge in [-0.1, -0.05) is 11.8 Å². The Bertz CT molecular complexity index is 533. The van der Waals surface area contributed by atoms with E-state index in [1.54, 1.807) is 24.5 Å². The molecule has 78 valence electrons. The highest BCUT2D eigenvalue weighted by Crippen LogP contribution is 2.26. The number of rotatable bonds is 2. The Kier molecular flexibility index (Phi) is 3.03. The maximum absolute atomic E-state index is 8.80. The van der Waals surface area contributed by atoms with Crippen molar-refractivity contribution < 1.29 is 0 Å². The highest BCUT2D eigenvalue weighted by atomic mass is 32.2. The Morgan fingerprint density at radius 3 is 2.62 bits per heavy atom. The first-order chi connectivity index (χ1) is 7.79. The number of pyridine rings is 2. The molecular weight excluding hydrogens is 220 g/mol. The summed E-state index contributed by atoms with van der Waals surface area (Å²) in [6.07, 6.45) is 3.43. The predicted molar refractivity (Wildman–Crippen MR) is 61.7 cm³/mol. The van der Waals surface area contributed by atoms with Gasteiger partial charge in [-0.2, -0.15) is 5.26 Å². The summed E-state index contributed by atoms with van der Waals surface area (Å²) in [7, 11) is 0. The van der Waals surface area contributed by atoms with Crippen molar-refractivity contribution in [1.29, 1.82) is 5.26 Å². The number of aromatic nitrogens is 2. The minimum absolute atomic E-state index is 0.263. The molecule has 0 radical (unpaired) electrons. The molecule has 0 aliphatic heterocycles. The normalized spacial score (nSPS) is 9.69. The fourth-order valence-electron chi connectivity index (χ4n) is 1.13. The third-order valence-electron chi connectivity index (χ3n) is 1.88. The van der Waals surface area contributed by atoms with Crippen molar-refractivity contribution in [2.24, 2.45) is 0 Å². The van der Waals surface area contributed by atoms with Crippen molar-refractivity contribution in [3.63, 3.8) is 0 Å². The molecule has 2 rings (SSSR count). The lowest BCUT2D eigenvalue weighted by Crippen LogP contribution is -1.94. The second-order valence-electron chi connectivity index (χ2n) is 2.98. The molecule has 0 aliphatic carbocycles. The van der Waals surface area contributed by atoms with E-state index < -0.39 is 0 Å². The molecule has 0 aliphatic rings. The van der Waals surface area contributed by atoms with Crippen LogP contribution >= 0.6 is 11.8 Å². The first-order valence-electron chi connectivity index (χ1n) is 4.54. The lowest BCUT2D eigenvalue weighted by atomic mass is 10.3. The Labute approximate surface area is 97.1 Å². The summed E-state index contributed by atoms with van der Waals surface area (Å²) in [5, 5.41) is 9.54. The molecule has 0 atom stereocenters. The van der Waals surface area contributed by atoms with Gasteiger partial charge in [0.05, 0.1) is 5.69 Å². The van der Waals surface area contributed by atoms with E-state index in [2.05, 4.69) is 9.97 Å². The van der Waals surface area contributed by atoms with Crippen LogP contribution in [0.15, 0.2) is 46.6 Å².